The van der Waals surface area contributed by atoms with Crippen LogP contribution in [-0.2, 0) is 29.1 Å². The number of aryl methyl sites for hydroxylation is 1. The van der Waals surface area contributed by atoms with Crippen LogP contribution in [0.3, 0.4) is 0 Å². The number of ether oxygens (including phenoxy) is 2. The number of methoxy groups -OCH3 is 1. The molecule has 11 heteroatoms. The number of halogens is 2. The number of primary amides is 2. The molecule has 9 nitrogen and oxygen atoms in total. The molecule has 4 aromatic carbocycles. The summed E-state index contributed by atoms with van der Waals surface area (Å²) < 4.78 is 11.6. The first-order valence-corrected chi connectivity index (χ1v) is 19.4. The summed E-state index contributed by atoms with van der Waals surface area (Å²) in [6.07, 6.45) is 10.4. The van der Waals surface area contributed by atoms with Crippen LogP contribution in [-0.4, -0.2) is 50.2 Å². The molecule has 0 saturated heterocycles. The average molecular weight is 773 g/mol. The molecule has 54 heavy (non-hydrogen) atoms. The van der Waals surface area contributed by atoms with E-state index in [1.54, 1.807) is 7.11 Å². The SMILES string of the molecule is COc1cc(-c2cccc(-c3cccc(NCc4cc(OCC(N)=O)c(CN(C)CC5CCCCC5)cc4Cl)c3C=N)c2Cl)ccc1CCCCC(N)=O. The molecule has 286 valence electrons. The predicted molar refractivity (Wildman–Crippen MR) is 220 cm³/mol. The van der Waals surface area contributed by atoms with Crippen LogP contribution in [0.4, 0.5) is 5.69 Å². The van der Waals surface area contributed by atoms with Gasteiger partial charge in [-0.05, 0) is 91.6 Å². The number of unbranched alkanes of at least 4 members (excludes halogenated alkanes) is 1. The smallest absolute Gasteiger partial charge is 0.255 e. The van der Waals surface area contributed by atoms with Crippen molar-refractivity contribution in [1.82, 2.24) is 4.90 Å². The number of benzene rings is 4. The zero-order valence-corrected chi connectivity index (χ0v) is 32.7. The summed E-state index contributed by atoms with van der Waals surface area (Å²) in [7, 11) is 3.75. The van der Waals surface area contributed by atoms with E-state index in [9.17, 15) is 9.59 Å². The number of rotatable bonds is 19. The van der Waals surface area contributed by atoms with Crippen molar-refractivity contribution >= 4 is 46.9 Å². The fraction of sp³-hybridized carbons (Fsp3) is 0.372. The Kier molecular flexibility index (Phi) is 14.8. The topological polar surface area (TPSA) is 144 Å². The molecule has 1 aliphatic carbocycles. The van der Waals surface area contributed by atoms with Crippen molar-refractivity contribution in [2.24, 2.45) is 17.4 Å². The number of anilines is 1. The van der Waals surface area contributed by atoms with Gasteiger partial charge in [-0.15, -0.1) is 0 Å². The Labute approximate surface area is 328 Å². The fourth-order valence-corrected chi connectivity index (χ4v) is 7.93. The first kappa shape index (κ1) is 40.6. The van der Waals surface area contributed by atoms with E-state index in [1.807, 2.05) is 66.7 Å². The minimum Gasteiger partial charge on any atom is -0.496 e. The number of nitrogens with one attached hydrogen (secondary N) is 2. The largest absolute Gasteiger partial charge is 0.496 e. The van der Waals surface area contributed by atoms with Crippen LogP contribution < -0.4 is 26.3 Å². The highest BCUT2D eigenvalue weighted by molar-refractivity contribution is 6.36. The highest BCUT2D eigenvalue weighted by Crippen LogP contribution is 2.40. The lowest BCUT2D eigenvalue weighted by Crippen LogP contribution is -2.27. The third-order valence-corrected chi connectivity index (χ3v) is 10.8. The summed E-state index contributed by atoms with van der Waals surface area (Å²) in [5, 5.41) is 13.0. The minimum absolute atomic E-state index is 0.233. The number of amides is 2. The van der Waals surface area contributed by atoms with E-state index in [-0.39, 0.29) is 12.5 Å². The number of hydrogen-bond acceptors (Lipinski definition) is 7. The predicted octanol–water partition coefficient (Wildman–Crippen LogP) is 9.02. The van der Waals surface area contributed by atoms with Crippen LogP contribution in [0.25, 0.3) is 22.3 Å². The Hall–Kier alpha value is -4.57. The third-order valence-electron chi connectivity index (χ3n) is 10.1. The maximum Gasteiger partial charge on any atom is 0.255 e. The first-order valence-electron chi connectivity index (χ1n) is 18.6. The molecule has 4 aromatic rings. The second kappa shape index (κ2) is 19.7. The van der Waals surface area contributed by atoms with Gasteiger partial charge in [0.2, 0.25) is 5.91 Å². The fourth-order valence-electron chi connectivity index (χ4n) is 7.34. The molecule has 0 aliphatic heterocycles. The molecule has 2 amide bonds. The van der Waals surface area contributed by atoms with Crippen LogP contribution in [0, 0.1) is 11.3 Å². The number of nitrogens with zero attached hydrogens (tertiary/aromatic N) is 1. The van der Waals surface area contributed by atoms with E-state index in [0.29, 0.717) is 46.8 Å². The summed E-state index contributed by atoms with van der Waals surface area (Å²) in [4.78, 5) is 25.1. The van der Waals surface area contributed by atoms with Gasteiger partial charge < -0.3 is 36.6 Å². The second-order valence-corrected chi connectivity index (χ2v) is 14.9. The monoisotopic (exact) mass is 771 g/mol. The van der Waals surface area contributed by atoms with Crippen molar-refractivity contribution in [3.8, 4) is 33.8 Å². The number of carbonyl (C=O) groups excluding carboxylic acids is 2. The van der Waals surface area contributed by atoms with Crippen molar-refractivity contribution in [1.29, 1.82) is 5.41 Å². The quantitative estimate of drug-likeness (QED) is 0.0554. The van der Waals surface area contributed by atoms with Gasteiger partial charge in [0.1, 0.15) is 11.5 Å². The van der Waals surface area contributed by atoms with Crippen molar-refractivity contribution in [3.63, 3.8) is 0 Å². The van der Waals surface area contributed by atoms with Gasteiger partial charge in [0.15, 0.2) is 6.61 Å². The van der Waals surface area contributed by atoms with Crippen LogP contribution in [0.2, 0.25) is 10.0 Å². The Morgan fingerprint density at radius 3 is 2.35 bits per heavy atom. The molecule has 0 atom stereocenters. The van der Waals surface area contributed by atoms with Crippen LogP contribution >= 0.6 is 23.2 Å². The molecule has 0 unspecified atom stereocenters. The zero-order valence-electron chi connectivity index (χ0n) is 31.2. The van der Waals surface area contributed by atoms with Crippen molar-refractivity contribution < 1.29 is 19.1 Å². The first-order chi connectivity index (χ1) is 26.1. The van der Waals surface area contributed by atoms with Gasteiger partial charge in [-0.25, -0.2) is 0 Å². The second-order valence-electron chi connectivity index (χ2n) is 14.1. The van der Waals surface area contributed by atoms with E-state index in [1.165, 1.54) is 38.3 Å². The van der Waals surface area contributed by atoms with Gasteiger partial charge in [-0.1, -0.05) is 84.9 Å². The lowest BCUT2D eigenvalue weighted by molar-refractivity contribution is -0.120. The Morgan fingerprint density at radius 2 is 1.63 bits per heavy atom. The van der Waals surface area contributed by atoms with E-state index >= 15 is 0 Å². The van der Waals surface area contributed by atoms with Crippen molar-refractivity contribution in [2.45, 2.75) is 70.9 Å². The number of nitrogens with two attached hydrogens (primary N) is 2. The highest BCUT2D eigenvalue weighted by atomic mass is 35.5. The van der Waals surface area contributed by atoms with Crippen molar-refractivity contribution in [2.75, 3.05) is 32.6 Å². The lowest BCUT2D eigenvalue weighted by atomic mass is 9.89. The molecule has 6 N–H and O–H groups in total. The summed E-state index contributed by atoms with van der Waals surface area (Å²) in [5.41, 5.74) is 18.2. The van der Waals surface area contributed by atoms with Gasteiger partial charge >= 0.3 is 0 Å². The van der Waals surface area contributed by atoms with E-state index in [0.717, 1.165) is 76.2 Å². The summed E-state index contributed by atoms with van der Waals surface area (Å²) in [6.45, 7) is 1.74. The maximum absolute atomic E-state index is 11.7. The molecule has 0 spiro atoms. The molecule has 1 saturated carbocycles. The number of carbonyl (C=O) groups is 2. The third kappa shape index (κ3) is 10.8. The van der Waals surface area contributed by atoms with Crippen LogP contribution in [0.1, 0.15) is 73.6 Å². The molecule has 1 fully saturated rings. The average Bonchev–Trinajstić information content (AvgIpc) is 3.16. The van der Waals surface area contributed by atoms with E-state index in [2.05, 4.69) is 17.3 Å². The van der Waals surface area contributed by atoms with Gasteiger partial charge in [-0.3, -0.25) is 9.59 Å². The maximum atomic E-state index is 11.7. The van der Waals surface area contributed by atoms with Gasteiger partial charge in [0, 0.05) is 65.2 Å². The summed E-state index contributed by atoms with van der Waals surface area (Å²) in [6, 6.07) is 21.5. The molecule has 5 rings (SSSR count). The highest BCUT2D eigenvalue weighted by Gasteiger charge is 2.20. The standard InChI is InChI=1S/C43H51Cl2N5O4/c1-50(25-28-10-4-3-5-11-28)26-32-20-37(44)31(22-40(32)54-27-42(48)52)24-49-38-16-9-14-34(36(38)23-46)35-15-8-13-33(43(35)45)30-19-18-29(39(21-30)53-2)12-6-7-17-41(47)51/h8-9,13-16,18-23,28,46,49H,3-7,10-12,17,24-27H2,1-2H3,(H2,47,51)(H2,48,52). The van der Waals surface area contributed by atoms with Gasteiger partial charge in [0.05, 0.1) is 12.1 Å². The minimum atomic E-state index is -0.550. The molecular weight excluding hydrogens is 721 g/mol. The summed E-state index contributed by atoms with van der Waals surface area (Å²) >= 11 is 14.0. The lowest BCUT2D eigenvalue weighted by Gasteiger charge is -2.27. The molecule has 0 heterocycles. The molecule has 0 bridgehead atoms. The molecule has 1 aliphatic rings. The van der Waals surface area contributed by atoms with Gasteiger partial charge in [0.25, 0.3) is 5.91 Å². The molecule has 0 aromatic heterocycles. The molecule has 0 radical (unpaired) electrons. The van der Waals surface area contributed by atoms with Crippen LogP contribution in [0.5, 0.6) is 11.5 Å². The normalized spacial score (nSPS) is 13.1. The zero-order chi connectivity index (χ0) is 38.6. The Morgan fingerprint density at radius 1 is 0.889 bits per heavy atom. The van der Waals surface area contributed by atoms with Crippen molar-refractivity contribution in [3.05, 3.63) is 99.0 Å². The Balaban J connectivity index is 1.36. The van der Waals surface area contributed by atoms with E-state index < -0.39 is 5.91 Å². The Bertz CT molecular complexity index is 1950. The number of hydrogen-bond donors (Lipinski definition) is 4. The van der Waals surface area contributed by atoms with Gasteiger partial charge in [-0.2, -0.15) is 0 Å². The summed E-state index contributed by atoms with van der Waals surface area (Å²) in [5.74, 6) is 1.16. The van der Waals surface area contributed by atoms with E-state index in [4.69, 9.17) is 49.6 Å². The van der Waals surface area contributed by atoms with Crippen LogP contribution in [0.15, 0.2) is 66.7 Å². The molecular formula is C43H51Cl2N5O4.